The van der Waals surface area contributed by atoms with Crippen molar-refractivity contribution in [2.45, 2.75) is 70.6 Å². The number of carbonyl (C=O) groups excluding carboxylic acids is 1. The van der Waals surface area contributed by atoms with Gasteiger partial charge in [0.25, 0.3) is 0 Å². The lowest BCUT2D eigenvalue weighted by atomic mass is 9.81. The quantitative estimate of drug-likeness (QED) is 0.770. The van der Waals surface area contributed by atoms with E-state index >= 15 is 0 Å². The highest BCUT2D eigenvalue weighted by Gasteiger charge is 2.39. The van der Waals surface area contributed by atoms with Crippen LogP contribution in [0.5, 0.6) is 0 Å². The zero-order valence-electron chi connectivity index (χ0n) is 11.6. The van der Waals surface area contributed by atoms with Gasteiger partial charge in [0.1, 0.15) is 5.60 Å². The Labute approximate surface area is 104 Å². The number of aliphatic hydroxyl groups is 1. The summed E-state index contributed by atoms with van der Waals surface area (Å²) >= 11 is 0. The number of carbonyl (C=O) groups is 1. The monoisotopic (exact) mass is 243 g/mol. The van der Waals surface area contributed by atoms with Crippen molar-refractivity contribution in [1.29, 1.82) is 0 Å². The number of nitrogens with zero attached hydrogens (tertiary/aromatic N) is 1. The van der Waals surface area contributed by atoms with Gasteiger partial charge in [-0.1, -0.05) is 12.8 Å². The Bertz CT molecular complexity index is 281. The molecule has 1 rings (SSSR count). The van der Waals surface area contributed by atoms with Crippen LogP contribution in [0.1, 0.15) is 53.4 Å². The molecule has 0 spiro atoms. The van der Waals surface area contributed by atoms with Crippen LogP contribution in [0.2, 0.25) is 0 Å². The van der Waals surface area contributed by atoms with Gasteiger partial charge in [-0.3, -0.25) is 0 Å². The first-order chi connectivity index (χ1) is 7.63. The van der Waals surface area contributed by atoms with Crippen LogP contribution in [-0.4, -0.2) is 40.4 Å². The molecule has 1 saturated carbocycles. The first-order valence-electron chi connectivity index (χ1n) is 6.32. The van der Waals surface area contributed by atoms with E-state index in [9.17, 15) is 9.90 Å². The molecule has 4 heteroatoms. The van der Waals surface area contributed by atoms with E-state index < -0.39 is 11.2 Å². The van der Waals surface area contributed by atoms with Gasteiger partial charge in [0, 0.05) is 7.05 Å². The Hall–Kier alpha value is -0.770. The molecule has 1 aliphatic rings. The number of hydrogen-bond donors (Lipinski definition) is 1. The molecule has 0 aromatic rings. The van der Waals surface area contributed by atoms with Crippen LogP contribution in [0.25, 0.3) is 0 Å². The summed E-state index contributed by atoms with van der Waals surface area (Å²) in [4.78, 5) is 13.5. The summed E-state index contributed by atoms with van der Waals surface area (Å²) < 4.78 is 5.32. The fourth-order valence-corrected chi connectivity index (χ4v) is 2.37. The lowest BCUT2D eigenvalue weighted by molar-refractivity contribution is -0.0595. The number of amides is 1. The number of hydrogen-bond acceptors (Lipinski definition) is 3. The van der Waals surface area contributed by atoms with Crippen molar-refractivity contribution in [3.05, 3.63) is 0 Å². The molecule has 2 atom stereocenters. The second kappa shape index (κ2) is 4.84. The Morgan fingerprint density at radius 3 is 2.47 bits per heavy atom. The molecular weight excluding hydrogens is 218 g/mol. The molecule has 0 unspecified atom stereocenters. The zero-order valence-corrected chi connectivity index (χ0v) is 11.6. The second-order valence-electron chi connectivity index (χ2n) is 6.21. The fourth-order valence-electron chi connectivity index (χ4n) is 2.37. The summed E-state index contributed by atoms with van der Waals surface area (Å²) in [6.07, 6.45) is 3.29. The topological polar surface area (TPSA) is 49.8 Å². The van der Waals surface area contributed by atoms with Crippen molar-refractivity contribution in [3.8, 4) is 0 Å². The normalized spacial score (nSPS) is 29.9. The molecule has 0 aromatic carbocycles. The smallest absolute Gasteiger partial charge is 0.410 e. The first-order valence-corrected chi connectivity index (χ1v) is 6.32. The summed E-state index contributed by atoms with van der Waals surface area (Å²) in [5.74, 6) is 0. The van der Waals surface area contributed by atoms with Crippen LogP contribution < -0.4 is 0 Å². The molecular formula is C13H25NO3. The zero-order chi connectivity index (χ0) is 13.3. The maximum absolute atomic E-state index is 11.9. The van der Waals surface area contributed by atoms with Gasteiger partial charge in [0.15, 0.2) is 0 Å². The third-order valence-electron chi connectivity index (χ3n) is 3.28. The van der Waals surface area contributed by atoms with E-state index in [-0.39, 0.29) is 12.1 Å². The molecule has 0 aromatic heterocycles. The van der Waals surface area contributed by atoms with Gasteiger partial charge in [-0.05, 0) is 40.5 Å². The van der Waals surface area contributed by atoms with Crippen molar-refractivity contribution < 1.29 is 14.6 Å². The summed E-state index contributed by atoms with van der Waals surface area (Å²) in [5.41, 5.74) is -1.30. The molecule has 100 valence electrons. The minimum atomic E-state index is -0.802. The lowest BCUT2D eigenvalue weighted by Gasteiger charge is -2.42. The highest BCUT2D eigenvalue weighted by Crippen LogP contribution is 2.31. The highest BCUT2D eigenvalue weighted by atomic mass is 16.6. The third-order valence-corrected chi connectivity index (χ3v) is 3.28. The lowest BCUT2D eigenvalue weighted by Crippen LogP contribution is -2.54. The Morgan fingerprint density at radius 1 is 1.41 bits per heavy atom. The van der Waals surface area contributed by atoms with Crippen molar-refractivity contribution >= 4 is 6.09 Å². The van der Waals surface area contributed by atoms with Gasteiger partial charge >= 0.3 is 6.09 Å². The standard InChI is InChI=1S/C13H25NO3/c1-12(2,3)17-11(15)14(5)10-8-6-7-9-13(10,4)16/h10,16H,6-9H2,1-5H3/t10-,13-/m1/s1. The van der Waals surface area contributed by atoms with Crippen molar-refractivity contribution in [2.24, 2.45) is 0 Å². The fraction of sp³-hybridized carbons (Fsp3) is 0.923. The predicted octanol–water partition coefficient (Wildman–Crippen LogP) is 2.55. The van der Waals surface area contributed by atoms with Gasteiger partial charge in [-0.25, -0.2) is 4.79 Å². The summed E-state index contributed by atoms with van der Waals surface area (Å²) in [7, 11) is 1.71. The Morgan fingerprint density at radius 2 is 2.00 bits per heavy atom. The van der Waals surface area contributed by atoms with Gasteiger partial charge in [-0.2, -0.15) is 0 Å². The van der Waals surface area contributed by atoms with Crippen LogP contribution in [0.4, 0.5) is 4.79 Å². The van der Waals surface area contributed by atoms with Crippen molar-refractivity contribution in [1.82, 2.24) is 4.90 Å². The molecule has 0 bridgehead atoms. The summed E-state index contributed by atoms with van der Waals surface area (Å²) in [5, 5.41) is 10.3. The molecule has 1 N–H and O–H groups in total. The van der Waals surface area contributed by atoms with E-state index in [1.807, 2.05) is 20.8 Å². The largest absolute Gasteiger partial charge is 0.444 e. The molecule has 0 saturated heterocycles. The van der Waals surface area contributed by atoms with Crippen LogP contribution in [-0.2, 0) is 4.74 Å². The minimum Gasteiger partial charge on any atom is -0.444 e. The average molecular weight is 243 g/mol. The molecule has 1 aliphatic carbocycles. The highest BCUT2D eigenvalue weighted by molar-refractivity contribution is 5.68. The summed E-state index contributed by atoms with van der Waals surface area (Å²) in [6.45, 7) is 7.34. The van der Waals surface area contributed by atoms with Crippen LogP contribution in [0.15, 0.2) is 0 Å². The number of rotatable bonds is 1. The molecule has 1 amide bonds. The van der Waals surface area contributed by atoms with Crippen LogP contribution in [0, 0.1) is 0 Å². The van der Waals surface area contributed by atoms with Crippen molar-refractivity contribution in [2.75, 3.05) is 7.05 Å². The van der Waals surface area contributed by atoms with Gasteiger partial charge in [0.05, 0.1) is 11.6 Å². The molecule has 0 radical (unpaired) electrons. The molecule has 1 fully saturated rings. The summed E-state index contributed by atoms with van der Waals surface area (Å²) in [6, 6.07) is -0.147. The van der Waals surface area contributed by atoms with Crippen LogP contribution in [0.3, 0.4) is 0 Å². The van der Waals surface area contributed by atoms with Gasteiger partial charge < -0.3 is 14.7 Å². The van der Waals surface area contributed by atoms with E-state index in [0.717, 1.165) is 25.7 Å². The van der Waals surface area contributed by atoms with Crippen LogP contribution >= 0.6 is 0 Å². The van der Waals surface area contributed by atoms with E-state index in [0.29, 0.717) is 0 Å². The predicted molar refractivity (Wildman–Crippen MR) is 66.9 cm³/mol. The molecule has 0 heterocycles. The maximum Gasteiger partial charge on any atom is 0.410 e. The van der Waals surface area contributed by atoms with E-state index in [1.54, 1.807) is 18.9 Å². The second-order valence-corrected chi connectivity index (χ2v) is 6.21. The van der Waals surface area contributed by atoms with E-state index in [2.05, 4.69) is 0 Å². The number of likely N-dealkylation sites (N-methyl/N-ethyl adjacent to an activating group) is 1. The molecule has 17 heavy (non-hydrogen) atoms. The minimum absolute atomic E-state index is 0.147. The number of ether oxygens (including phenoxy) is 1. The van der Waals surface area contributed by atoms with Crippen molar-refractivity contribution in [3.63, 3.8) is 0 Å². The molecule has 0 aliphatic heterocycles. The Balaban J connectivity index is 2.68. The first kappa shape index (κ1) is 14.3. The average Bonchev–Trinajstić information content (AvgIpc) is 2.13. The van der Waals surface area contributed by atoms with E-state index in [4.69, 9.17) is 4.74 Å². The molecule has 4 nitrogen and oxygen atoms in total. The van der Waals surface area contributed by atoms with Gasteiger partial charge in [0.2, 0.25) is 0 Å². The SMILES string of the molecule is CN(C(=O)OC(C)(C)C)[C@@H]1CCCC[C@@]1(C)O. The van der Waals surface area contributed by atoms with E-state index in [1.165, 1.54) is 0 Å². The van der Waals surface area contributed by atoms with Gasteiger partial charge in [-0.15, -0.1) is 0 Å². The third kappa shape index (κ3) is 3.87. The maximum atomic E-state index is 11.9. The Kier molecular flexibility index (Phi) is 4.07.